The zero-order valence-corrected chi connectivity index (χ0v) is 12.2. The van der Waals surface area contributed by atoms with Gasteiger partial charge in [0.25, 0.3) is 5.91 Å². The van der Waals surface area contributed by atoms with Crippen LogP contribution in [0, 0.1) is 11.3 Å². The van der Waals surface area contributed by atoms with Crippen LogP contribution in [0.25, 0.3) is 0 Å². The number of nitrogens with zero attached hydrogens (tertiary/aromatic N) is 2. The highest BCUT2D eigenvalue weighted by Crippen LogP contribution is 2.26. The largest absolute Gasteiger partial charge is 0.366 e. The minimum atomic E-state index is -0.696. The average Bonchev–Trinajstić information content (AvgIpc) is 2.62. The van der Waals surface area contributed by atoms with E-state index in [9.17, 15) is 10.1 Å². The molecule has 0 saturated heterocycles. The molecule has 0 radical (unpaired) electrons. The van der Waals surface area contributed by atoms with Gasteiger partial charge in [-0.15, -0.1) is 0 Å². The van der Waals surface area contributed by atoms with E-state index in [-0.39, 0.29) is 17.4 Å². The summed E-state index contributed by atoms with van der Waals surface area (Å²) in [7, 11) is 0. The number of benzene rings is 2. The van der Waals surface area contributed by atoms with E-state index in [1.165, 1.54) is 0 Å². The number of carbonyl (C=O) groups is 1. The van der Waals surface area contributed by atoms with Crippen molar-refractivity contribution < 1.29 is 4.79 Å². The van der Waals surface area contributed by atoms with E-state index in [1.807, 2.05) is 66.7 Å². The molecule has 0 aromatic heterocycles. The highest BCUT2D eigenvalue weighted by Gasteiger charge is 2.28. The van der Waals surface area contributed by atoms with Crippen LogP contribution in [0.4, 0.5) is 0 Å². The van der Waals surface area contributed by atoms with Crippen LogP contribution in [-0.4, -0.2) is 11.6 Å². The number of amides is 1. The summed E-state index contributed by atoms with van der Waals surface area (Å²) >= 11 is 0. The Morgan fingerprint density at radius 2 is 1.70 bits per heavy atom. The minimum absolute atomic E-state index is 0.00327. The van der Waals surface area contributed by atoms with Gasteiger partial charge in [-0.05, 0) is 11.1 Å². The summed E-state index contributed by atoms with van der Waals surface area (Å²) in [6.45, 7) is 0. The molecule has 23 heavy (non-hydrogen) atoms. The molecule has 0 spiro atoms. The molecule has 1 atom stereocenters. The zero-order chi connectivity index (χ0) is 16.2. The lowest BCUT2D eigenvalue weighted by molar-refractivity contribution is -0.115. The summed E-state index contributed by atoms with van der Waals surface area (Å²) in [5.41, 5.74) is 7.92. The Morgan fingerprint density at radius 1 is 1.09 bits per heavy atom. The Bertz CT molecular complexity index is 832. The number of carbonyl (C=O) groups excluding carboxylic acids is 1. The minimum Gasteiger partial charge on any atom is -0.366 e. The number of rotatable bonds is 3. The lowest BCUT2D eigenvalue weighted by atomic mass is 9.94. The smallest absolute Gasteiger partial charge is 0.267 e. The summed E-state index contributed by atoms with van der Waals surface area (Å²) in [6.07, 6.45) is 0. The van der Waals surface area contributed by atoms with E-state index in [2.05, 4.69) is 10.3 Å². The van der Waals surface area contributed by atoms with Crippen LogP contribution in [0.3, 0.4) is 0 Å². The monoisotopic (exact) mass is 302 g/mol. The van der Waals surface area contributed by atoms with E-state index in [4.69, 9.17) is 5.73 Å². The Labute approximate surface area is 133 Å². The SMILES string of the molecule is N#CC1=C(C(N)=O)NC(c2ccccc2)C(c2ccccc2)=N1. The summed E-state index contributed by atoms with van der Waals surface area (Å²) in [4.78, 5) is 16.0. The molecule has 5 nitrogen and oxygen atoms in total. The topological polar surface area (TPSA) is 91.3 Å². The first-order valence-electron chi connectivity index (χ1n) is 7.10. The molecule has 0 bridgehead atoms. The van der Waals surface area contributed by atoms with Crippen molar-refractivity contribution in [1.82, 2.24) is 5.32 Å². The molecule has 2 aromatic carbocycles. The van der Waals surface area contributed by atoms with Gasteiger partial charge in [-0.25, -0.2) is 4.99 Å². The fourth-order valence-electron chi connectivity index (χ4n) is 2.52. The third-order valence-corrected chi connectivity index (χ3v) is 3.59. The third kappa shape index (κ3) is 2.83. The second kappa shape index (κ2) is 6.16. The second-order valence-electron chi connectivity index (χ2n) is 5.05. The van der Waals surface area contributed by atoms with E-state index >= 15 is 0 Å². The molecule has 3 N–H and O–H groups in total. The number of aliphatic imine (C=N–C) groups is 1. The predicted octanol–water partition coefficient (Wildman–Crippen LogP) is 2.04. The number of nitrogens with two attached hydrogens (primary N) is 1. The molecule has 0 aliphatic carbocycles. The van der Waals surface area contributed by atoms with Crippen molar-refractivity contribution in [2.45, 2.75) is 6.04 Å². The van der Waals surface area contributed by atoms with Gasteiger partial charge in [0.1, 0.15) is 11.8 Å². The summed E-state index contributed by atoms with van der Waals surface area (Å²) in [6, 6.07) is 20.7. The Morgan fingerprint density at radius 3 is 2.26 bits per heavy atom. The van der Waals surface area contributed by atoms with Gasteiger partial charge in [-0.2, -0.15) is 5.26 Å². The van der Waals surface area contributed by atoms with Crippen molar-refractivity contribution in [2.75, 3.05) is 0 Å². The van der Waals surface area contributed by atoms with Crippen molar-refractivity contribution >= 4 is 11.6 Å². The van der Waals surface area contributed by atoms with Crippen LogP contribution < -0.4 is 11.1 Å². The number of allylic oxidation sites excluding steroid dienone is 1. The van der Waals surface area contributed by atoms with E-state index in [0.29, 0.717) is 5.71 Å². The third-order valence-electron chi connectivity index (χ3n) is 3.59. The maximum atomic E-state index is 11.6. The number of hydrogen-bond donors (Lipinski definition) is 2. The fourth-order valence-corrected chi connectivity index (χ4v) is 2.52. The zero-order valence-electron chi connectivity index (χ0n) is 12.2. The van der Waals surface area contributed by atoms with Crippen LogP contribution in [0.1, 0.15) is 17.2 Å². The van der Waals surface area contributed by atoms with E-state index < -0.39 is 5.91 Å². The van der Waals surface area contributed by atoms with Gasteiger partial charge in [0.05, 0.1) is 11.8 Å². The van der Waals surface area contributed by atoms with Gasteiger partial charge >= 0.3 is 0 Å². The maximum absolute atomic E-state index is 11.6. The summed E-state index contributed by atoms with van der Waals surface area (Å²) in [5.74, 6) is -0.696. The van der Waals surface area contributed by atoms with Crippen molar-refractivity contribution in [3.8, 4) is 6.07 Å². The molecule has 1 heterocycles. The molecule has 1 unspecified atom stereocenters. The molecular formula is C18H14N4O. The molecule has 2 aromatic rings. The Hall–Kier alpha value is -3.39. The van der Waals surface area contributed by atoms with Gasteiger partial charge in [0.15, 0.2) is 5.70 Å². The van der Waals surface area contributed by atoms with Crippen LogP contribution in [0.2, 0.25) is 0 Å². The first-order valence-corrected chi connectivity index (χ1v) is 7.10. The van der Waals surface area contributed by atoms with Crippen molar-refractivity contribution in [1.29, 1.82) is 5.26 Å². The molecule has 5 heteroatoms. The summed E-state index contributed by atoms with van der Waals surface area (Å²) in [5, 5.41) is 12.3. The van der Waals surface area contributed by atoms with Crippen LogP contribution >= 0.6 is 0 Å². The molecule has 1 aliphatic heterocycles. The molecule has 1 amide bonds. The summed E-state index contributed by atoms with van der Waals surface area (Å²) < 4.78 is 0. The molecule has 3 rings (SSSR count). The van der Waals surface area contributed by atoms with E-state index in [1.54, 1.807) is 0 Å². The molecular weight excluding hydrogens is 288 g/mol. The number of nitrogens with one attached hydrogen (secondary N) is 1. The lowest BCUT2D eigenvalue weighted by Crippen LogP contribution is -2.38. The number of primary amides is 1. The van der Waals surface area contributed by atoms with Gasteiger partial charge < -0.3 is 11.1 Å². The lowest BCUT2D eigenvalue weighted by Gasteiger charge is -2.27. The van der Waals surface area contributed by atoms with Crippen molar-refractivity contribution in [3.05, 3.63) is 83.2 Å². The quantitative estimate of drug-likeness (QED) is 0.909. The normalized spacial score (nSPS) is 17.0. The van der Waals surface area contributed by atoms with Crippen LogP contribution in [0.15, 0.2) is 77.1 Å². The first kappa shape index (κ1) is 14.5. The van der Waals surface area contributed by atoms with Crippen LogP contribution in [0.5, 0.6) is 0 Å². The van der Waals surface area contributed by atoms with Crippen molar-refractivity contribution in [3.63, 3.8) is 0 Å². The standard InChI is InChI=1S/C18H14N4O/c19-11-14-17(18(20)23)22-16(13-9-5-2-6-10-13)15(21-14)12-7-3-1-4-8-12/h1-10,16,22H,(H2,20,23). The number of nitriles is 1. The predicted molar refractivity (Wildman–Crippen MR) is 87.1 cm³/mol. The Kier molecular flexibility index (Phi) is 3.89. The van der Waals surface area contributed by atoms with Gasteiger partial charge in [0.2, 0.25) is 0 Å². The average molecular weight is 302 g/mol. The molecule has 112 valence electrons. The highest BCUT2D eigenvalue weighted by atomic mass is 16.1. The molecule has 0 saturated carbocycles. The van der Waals surface area contributed by atoms with Crippen LogP contribution in [-0.2, 0) is 4.79 Å². The number of hydrogen-bond acceptors (Lipinski definition) is 4. The van der Waals surface area contributed by atoms with E-state index in [0.717, 1.165) is 11.1 Å². The van der Waals surface area contributed by atoms with Crippen molar-refractivity contribution in [2.24, 2.45) is 10.7 Å². The van der Waals surface area contributed by atoms with Gasteiger partial charge in [-0.1, -0.05) is 60.7 Å². The van der Waals surface area contributed by atoms with Gasteiger partial charge in [-0.3, -0.25) is 4.79 Å². The van der Waals surface area contributed by atoms with Gasteiger partial charge in [0, 0.05) is 0 Å². The highest BCUT2D eigenvalue weighted by molar-refractivity contribution is 6.08. The Balaban J connectivity index is 2.16. The molecule has 0 fully saturated rings. The maximum Gasteiger partial charge on any atom is 0.267 e. The fraction of sp³-hybridized carbons (Fsp3) is 0.0556. The first-order chi connectivity index (χ1) is 11.2. The second-order valence-corrected chi connectivity index (χ2v) is 5.05. The molecule has 1 aliphatic rings.